The van der Waals surface area contributed by atoms with Gasteiger partial charge in [0.2, 0.25) is 0 Å². The quantitative estimate of drug-likeness (QED) is 0.528. The predicted octanol–water partition coefficient (Wildman–Crippen LogP) is 1.53. The highest BCUT2D eigenvalue weighted by molar-refractivity contribution is 5.74. The van der Waals surface area contributed by atoms with Crippen molar-refractivity contribution in [2.75, 3.05) is 7.11 Å². The minimum Gasteiger partial charge on any atom is -0.469 e. The maximum Gasteiger partial charge on any atom is 0.309 e. The third-order valence-electron chi connectivity index (χ3n) is 3.94. The molecule has 4 heteroatoms. The third kappa shape index (κ3) is 1.73. The zero-order valence-electron chi connectivity index (χ0n) is 9.70. The molecular weight excluding hydrogens is 196 g/mol. The van der Waals surface area contributed by atoms with Crippen LogP contribution in [0.3, 0.4) is 0 Å². The molecule has 0 spiro atoms. The SMILES string of the molecule is COC(=O)C1CCC(C)(OC=O)C1(C)C. The van der Waals surface area contributed by atoms with E-state index in [0.717, 1.165) is 0 Å². The van der Waals surface area contributed by atoms with Gasteiger partial charge in [-0.15, -0.1) is 0 Å². The lowest BCUT2D eigenvalue weighted by atomic mass is 9.73. The van der Waals surface area contributed by atoms with E-state index in [4.69, 9.17) is 9.47 Å². The molecule has 0 saturated heterocycles. The fourth-order valence-corrected chi connectivity index (χ4v) is 2.34. The van der Waals surface area contributed by atoms with E-state index >= 15 is 0 Å². The molecule has 0 aliphatic heterocycles. The number of methoxy groups -OCH3 is 1. The Kier molecular flexibility index (Phi) is 3.07. The van der Waals surface area contributed by atoms with E-state index in [1.807, 2.05) is 20.8 Å². The van der Waals surface area contributed by atoms with Crippen LogP contribution in [0.15, 0.2) is 0 Å². The Morgan fingerprint density at radius 3 is 2.47 bits per heavy atom. The van der Waals surface area contributed by atoms with E-state index in [1.54, 1.807) is 0 Å². The summed E-state index contributed by atoms with van der Waals surface area (Å²) in [4.78, 5) is 22.0. The van der Waals surface area contributed by atoms with Gasteiger partial charge >= 0.3 is 5.97 Å². The Bertz CT molecular complexity index is 272. The van der Waals surface area contributed by atoms with Crippen LogP contribution in [-0.2, 0) is 19.1 Å². The molecule has 1 fully saturated rings. The molecule has 0 amide bonds. The second-order valence-corrected chi connectivity index (χ2v) is 4.78. The minimum atomic E-state index is -0.576. The van der Waals surface area contributed by atoms with E-state index in [2.05, 4.69) is 0 Å². The lowest BCUT2D eigenvalue weighted by Gasteiger charge is -2.38. The first kappa shape index (κ1) is 12.0. The number of hydrogen-bond acceptors (Lipinski definition) is 4. The van der Waals surface area contributed by atoms with Crippen molar-refractivity contribution >= 4 is 12.4 Å². The highest BCUT2D eigenvalue weighted by Gasteiger charge is 2.56. The summed E-state index contributed by atoms with van der Waals surface area (Å²) in [6.45, 7) is 6.20. The van der Waals surface area contributed by atoms with Crippen LogP contribution in [-0.4, -0.2) is 25.2 Å². The Hall–Kier alpha value is -1.06. The molecule has 0 N–H and O–H groups in total. The fraction of sp³-hybridized carbons (Fsp3) is 0.818. The van der Waals surface area contributed by atoms with Crippen molar-refractivity contribution in [3.05, 3.63) is 0 Å². The summed E-state index contributed by atoms with van der Waals surface area (Å²) >= 11 is 0. The van der Waals surface area contributed by atoms with Gasteiger partial charge in [0, 0.05) is 5.41 Å². The summed E-state index contributed by atoms with van der Waals surface area (Å²) < 4.78 is 9.90. The number of ether oxygens (including phenoxy) is 2. The van der Waals surface area contributed by atoms with Crippen molar-refractivity contribution < 1.29 is 19.1 Å². The molecule has 86 valence electrons. The predicted molar refractivity (Wildman–Crippen MR) is 54.1 cm³/mol. The molecule has 2 atom stereocenters. The van der Waals surface area contributed by atoms with Crippen LogP contribution in [0.4, 0.5) is 0 Å². The highest BCUT2D eigenvalue weighted by atomic mass is 16.5. The molecule has 1 aliphatic rings. The zero-order valence-corrected chi connectivity index (χ0v) is 9.70. The lowest BCUT2D eigenvalue weighted by Crippen LogP contribution is -2.44. The Labute approximate surface area is 89.9 Å². The molecule has 15 heavy (non-hydrogen) atoms. The molecule has 0 aromatic rings. The van der Waals surface area contributed by atoms with Crippen molar-refractivity contribution in [3.63, 3.8) is 0 Å². The average Bonchev–Trinajstić information content (AvgIpc) is 2.38. The van der Waals surface area contributed by atoms with Crippen LogP contribution < -0.4 is 0 Å². The summed E-state index contributed by atoms with van der Waals surface area (Å²) in [6.07, 6.45) is 1.39. The number of hydrogen-bond donors (Lipinski definition) is 0. The van der Waals surface area contributed by atoms with Crippen molar-refractivity contribution in [3.8, 4) is 0 Å². The summed E-state index contributed by atoms with van der Waals surface area (Å²) in [6, 6.07) is 0. The summed E-state index contributed by atoms with van der Waals surface area (Å²) in [5.74, 6) is -0.425. The Balaban J connectivity index is 2.93. The van der Waals surface area contributed by atoms with Crippen molar-refractivity contribution in [1.82, 2.24) is 0 Å². The summed E-state index contributed by atoms with van der Waals surface area (Å²) in [5, 5.41) is 0. The Morgan fingerprint density at radius 2 is 2.00 bits per heavy atom. The molecule has 0 aromatic heterocycles. The van der Waals surface area contributed by atoms with Crippen LogP contribution in [0.25, 0.3) is 0 Å². The Morgan fingerprint density at radius 1 is 1.40 bits per heavy atom. The van der Waals surface area contributed by atoms with Crippen molar-refractivity contribution in [2.24, 2.45) is 11.3 Å². The largest absolute Gasteiger partial charge is 0.469 e. The molecule has 2 unspecified atom stereocenters. The molecule has 0 aromatic carbocycles. The normalized spacial score (nSPS) is 33.5. The molecule has 0 bridgehead atoms. The molecular formula is C11H18O4. The monoisotopic (exact) mass is 214 g/mol. The van der Waals surface area contributed by atoms with E-state index < -0.39 is 5.60 Å². The van der Waals surface area contributed by atoms with Crippen LogP contribution in [0.1, 0.15) is 33.6 Å². The first-order chi connectivity index (χ1) is 6.89. The zero-order chi connectivity index (χ0) is 11.7. The number of rotatable bonds is 3. The first-order valence-corrected chi connectivity index (χ1v) is 5.08. The molecule has 0 radical (unpaired) electrons. The maximum absolute atomic E-state index is 11.6. The number of esters is 1. The molecule has 4 nitrogen and oxygen atoms in total. The van der Waals surface area contributed by atoms with Gasteiger partial charge in [-0.3, -0.25) is 9.59 Å². The van der Waals surface area contributed by atoms with Crippen molar-refractivity contribution in [1.29, 1.82) is 0 Å². The third-order valence-corrected chi connectivity index (χ3v) is 3.94. The van der Waals surface area contributed by atoms with Gasteiger partial charge < -0.3 is 9.47 Å². The second-order valence-electron chi connectivity index (χ2n) is 4.78. The minimum absolute atomic E-state index is 0.201. The van der Waals surface area contributed by atoms with Gasteiger partial charge in [-0.25, -0.2) is 0 Å². The van der Waals surface area contributed by atoms with Crippen LogP contribution >= 0.6 is 0 Å². The summed E-state index contributed by atoms with van der Waals surface area (Å²) in [7, 11) is 1.38. The number of carbonyl (C=O) groups excluding carboxylic acids is 2. The van der Waals surface area contributed by atoms with E-state index in [-0.39, 0.29) is 17.3 Å². The first-order valence-electron chi connectivity index (χ1n) is 5.08. The smallest absolute Gasteiger partial charge is 0.309 e. The standard InChI is InChI=1S/C11H18O4/c1-10(2)8(9(13)14-4)5-6-11(10,3)15-7-12/h7-8H,5-6H2,1-4H3. The van der Waals surface area contributed by atoms with E-state index in [0.29, 0.717) is 19.3 Å². The molecule has 1 saturated carbocycles. The highest BCUT2D eigenvalue weighted by Crippen LogP contribution is 2.52. The van der Waals surface area contributed by atoms with E-state index in [9.17, 15) is 9.59 Å². The molecule has 1 rings (SSSR count). The van der Waals surface area contributed by atoms with Gasteiger partial charge in [-0.1, -0.05) is 13.8 Å². The lowest BCUT2D eigenvalue weighted by molar-refractivity contribution is -0.162. The van der Waals surface area contributed by atoms with Gasteiger partial charge in [0.15, 0.2) is 0 Å². The molecule has 0 heterocycles. The number of carbonyl (C=O) groups is 2. The second kappa shape index (κ2) is 3.83. The topological polar surface area (TPSA) is 52.6 Å². The summed E-state index contributed by atoms with van der Waals surface area (Å²) in [5.41, 5.74) is -0.964. The van der Waals surface area contributed by atoms with Crippen LogP contribution in [0.2, 0.25) is 0 Å². The van der Waals surface area contributed by atoms with Crippen LogP contribution in [0.5, 0.6) is 0 Å². The van der Waals surface area contributed by atoms with Crippen molar-refractivity contribution in [2.45, 2.75) is 39.2 Å². The van der Waals surface area contributed by atoms with E-state index in [1.165, 1.54) is 7.11 Å². The van der Waals surface area contributed by atoms with Gasteiger partial charge in [-0.2, -0.15) is 0 Å². The molecule has 1 aliphatic carbocycles. The van der Waals surface area contributed by atoms with Gasteiger partial charge in [-0.05, 0) is 19.8 Å². The maximum atomic E-state index is 11.6. The van der Waals surface area contributed by atoms with Gasteiger partial charge in [0.05, 0.1) is 13.0 Å². The van der Waals surface area contributed by atoms with Gasteiger partial charge in [0.25, 0.3) is 6.47 Å². The van der Waals surface area contributed by atoms with Crippen LogP contribution in [0, 0.1) is 11.3 Å². The average molecular weight is 214 g/mol. The fourth-order valence-electron chi connectivity index (χ4n) is 2.34. The van der Waals surface area contributed by atoms with Gasteiger partial charge in [0.1, 0.15) is 5.60 Å².